The van der Waals surface area contributed by atoms with Gasteiger partial charge in [-0.25, -0.2) is 0 Å². The second-order valence-electron chi connectivity index (χ2n) is 5.07. The Kier molecular flexibility index (Phi) is 5.01. The molecule has 2 unspecified atom stereocenters. The Balaban J connectivity index is 2.68. The Morgan fingerprint density at radius 1 is 1.29 bits per heavy atom. The molecule has 1 aromatic carbocycles. The Bertz CT molecular complexity index is 327. The predicted molar refractivity (Wildman–Crippen MR) is 71.4 cm³/mol. The Labute approximate surface area is 105 Å². The minimum atomic E-state index is -0.634. The molecule has 0 aromatic heterocycles. The summed E-state index contributed by atoms with van der Waals surface area (Å²) in [6.45, 7) is 6.20. The average Bonchev–Trinajstić information content (AvgIpc) is 2.30. The van der Waals surface area contributed by atoms with Crippen molar-refractivity contribution in [3.63, 3.8) is 0 Å². The number of hydrogen-bond donors (Lipinski definition) is 1. The Morgan fingerprint density at radius 3 is 2.35 bits per heavy atom. The van der Waals surface area contributed by atoms with Crippen molar-refractivity contribution in [2.75, 3.05) is 7.11 Å². The molecule has 0 radical (unpaired) electrons. The van der Waals surface area contributed by atoms with Gasteiger partial charge in [0.25, 0.3) is 0 Å². The van der Waals surface area contributed by atoms with Gasteiger partial charge in [0.15, 0.2) is 0 Å². The van der Waals surface area contributed by atoms with Gasteiger partial charge >= 0.3 is 0 Å². The van der Waals surface area contributed by atoms with Crippen molar-refractivity contribution < 1.29 is 9.84 Å². The monoisotopic (exact) mass is 236 g/mol. The topological polar surface area (TPSA) is 29.5 Å². The molecular formula is C15H24O2. The van der Waals surface area contributed by atoms with E-state index in [-0.39, 0.29) is 0 Å². The van der Waals surface area contributed by atoms with Gasteiger partial charge in [-0.05, 0) is 37.0 Å². The molecule has 1 aromatic rings. The third-order valence-electron chi connectivity index (χ3n) is 3.50. The quantitative estimate of drug-likeness (QED) is 0.820. The van der Waals surface area contributed by atoms with E-state index in [2.05, 4.69) is 13.8 Å². The highest BCUT2D eigenvalue weighted by Gasteiger charge is 2.27. The summed E-state index contributed by atoms with van der Waals surface area (Å²) in [5, 5.41) is 10.5. The van der Waals surface area contributed by atoms with Crippen molar-refractivity contribution in [1.82, 2.24) is 0 Å². The average molecular weight is 236 g/mol. The van der Waals surface area contributed by atoms with E-state index in [1.165, 1.54) is 0 Å². The zero-order valence-electron chi connectivity index (χ0n) is 11.4. The minimum absolute atomic E-state index is 0.314. The molecule has 17 heavy (non-hydrogen) atoms. The molecule has 0 aliphatic heterocycles. The summed E-state index contributed by atoms with van der Waals surface area (Å²) < 4.78 is 5.12. The fourth-order valence-corrected chi connectivity index (χ4v) is 2.07. The lowest BCUT2D eigenvalue weighted by molar-refractivity contribution is 0.00298. The van der Waals surface area contributed by atoms with E-state index < -0.39 is 5.60 Å². The molecule has 0 saturated heterocycles. The maximum Gasteiger partial charge on any atom is 0.118 e. The van der Waals surface area contributed by atoms with Gasteiger partial charge in [-0.3, -0.25) is 0 Å². The summed E-state index contributed by atoms with van der Waals surface area (Å²) in [4.78, 5) is 0. The van der Waals surface area contributed by atoms with Gasteiger partial charge in [-0.15, -0.1) is 0 Å². The summed E-state index contributed by atoms with van der Waals surface area (Å²) in [7, 11) is 1.66. The van der Waals surface area contributed by atoms with Crippen LogP contribution in [-0.4, -0.2) is 17.8 Å². The fourth-order valence-electron chi connectivity index (χ4n) is 2.07. The van der Waals surface area contributed by atoms with Crippen LogP contribution < -0.4 is 4.74 Å². The lowest BCUT2D eigenvalue weighted by atomic mass is 9.82. The number of methoxy groups -OCH3 is 1. The molecular weight excluding hydrogens is 212 g/mol. The Hall–Kier alpha value is -1.02. The maximum atomic E-state index is 10.5. The highest BCUT2D eigenvalue weighted by atomic mass is 16.5. The largest absolute Gasteiger partial charge is 0.497 e. The van der Waals surface area contributed by atoms with E-state index in [0.29, 0.717) is 12.3 Å². The minimum Gasteiger partial charge on any atom is -0.497 e. The first-order valence-corrected chi connectivity index (χ1v) is 6.35. The molecule has 0 aliphatic carbocycles. The lowest BCUT2D eigenvalue weighted by Gasteiger charge is -2.30. The summed E-state index contributed by atoms with van der Waals surface area (Å²) >= 11 is 0. The number of aliphatic hydroxyl groups is 1. The van der Waals surface area contributed by atoms with Crippen molar-refractivity contribution in [1.29, 1.82) is 0 Å². The summed E-state index contributed by atoms with van der Waals surface area (Å²) in [5.74, 6) is 1.17. The number of benzene rings is 1. The molecule has 0 aliphatic rings. The van der Waals surface area contributed by atoms with Gasteiger partial charge in [0.1, 0.15) is 5.75 Å². The Morgan fingerprint density at radius 2 is 1.88 bits per heavy atom. The number of ether oxygens (including phenoxy) is 1. The van der Waals surface area contributed by atoms with Gasteiger partial charge in [0.05, 0.1) is 12.7 Å². The highest BCUT2D eigenvalue weighted by Crippen LogP contribution is 2.26. The van der Waals surface area contributed by atoms with Crippen LogP contribution in [-0.2, 0) is 6.42 Å². The van der Waals surface area contributed by atoms with Crippen LogP contribution in [0.4, 0.5) is 0 Å². The van der Waals surface area contributed by atoms with Gasteiger partial charge < -0.3 is 9.84 Å². The van der Waals surface area contributed by atoms with Gasteiger partial charge in [0, 0.05) is 6.42 Å². The van der Waals surface area contributed by atoms with Crippen LogP contribution in [0.5, 0.6) is 5.75 Å². The molecule has 96 valence electrons. The highest BCUT2D eigenvalue weighted by molar-refractivity contribution is 5.28. The molecule has 0 fully saturated rings. The van der Waals surface area contributed by atoms with E-state index in [1.54, 1.807) is 7.11 Å². The molecule has 2 nitrogen and oxygen atoms in total. The normalized spacial score (nSPS) is 16.3. The molecule has 0 saturated carbocycles. The van der Waals surface area contributed by atoms with E-state index in [4.69, 9.17) is 4.74 Å². The first-order chi connectivity index (χ1) is 7.99. The van der Waals surface area contributed by atoms with Gasteiger partial charge in [-0.2, -0.15) is 0 Å². The van der Waals surface area contributed by atoms with Crippen molar-refractivity contribution in [3.8, 4) is 5.75 Å². The standard InChI is InChI=1S/C15H24O2/c1-5-6-12(2)15(3,16)11-13-7-9-14(17-4)10-8-13/h7-10,12,16H,5-6,11H2,1-4H3. The fraction of sp³-hybridized carbons (Fsp3) is 0.600. The predicted octanol–water partition coefficient (Wildman–Crippen LogP) is 3.42. The third-order valence-corrected chi connectivity index (χ3v) is 3.50. The SMILES string of the molecule is CCCC(C)C(C)(O)Cc1ccc(OC)cc1. The zero-order chi connectivity index (χ0) is 12.9. The second-order valence-corrected chi connectivity index (χ2v) is 5.07. The number of hydrogen-bond acceptors (Lipinski definition) is 2. The molecule has 0 heterocycles. The molecule has 2 atom stereocenters. The van der Waals surface area contributed by atoms with Crippen LogP contribution in [0.1, 0.15) is 39.2 Å². The van der Waals surface area contributed by atoms with E-state index in [1.807, 2.05) is 31.2 Å². The third kappa shape index (κ3) is 4.04. The molecule has 0 amide bonds. The van der Waals surface area contributed by atoms with Crippen molar-refractivity contribution in [2.24, 2.45) is 5.92 Å². The lowest BCUT2D eigenvalue weighted by Crippen LogP contribution is -2.35. The van der Waals surface area contributed by atoms with E-state index in [9.17, 15) is 5.11 Å². The molecule has 0 bridgehead atoms. The van der Waals surface area contributed by atoms with Gasteiger partial charge in [0.2, 0.25) is 0 Å². The van der Waals surface area contributed by atoms with Crippen LogP contribution in [0.15, 0.2) is 24.3 Å². The summed E-state index contributed by atoms with van der Waals surface area (Å²) in [5.41, 5.74) is 0.517. The second kappa shape index (κ2) is 6.06. The van der Waals surface area contributed by atoms with Gasteiger partial charge in [-0.1, -0.05) is 32.4 Å². The van der Waals surface area contributed by atoms with E-state index >= 15 is 0 Å². The maximum absolute atomic E-state index is 10.5. The summed E-state index contributed by atoms with van der Waals surface area (Å²) in [6, 6.07) is 7.92. The van der Waals surface area contributed by atoms with Crippen LogP contribution >= 0.6 is 0 Å². The van der Waals surface area contributed by atoms with Crippen LogP contribution in [0.2, 0.25) is 0 Å². The molecule has 0 spiro atoms. The van der Waals surface area contributed by atoms with Crippen LogP contribution in [0.25, 0.3) is 0 Å². The summed E-state index contributed by atoms with van der Waals surface area (Å²) in [6.07, 6.45) is 2.86. The molecule has 1 rings (SSSR count). The first kappa shape index (κ1) is 14.0. The van der Waals surface area contributed by atoms with Crippen molar-refractivity contribution in [2.45, 2.75) is 45.6 Å². The first-order valence-electron chi connectivity index (χ1n) is 6.35. The van der Waals surface area contributed by atoms with Crippen LogP contribution in [0, 0.1) is 5.92 Å². The van der Waals surface area contributed by atoms with E-state index in [0.717, 1.165) is 24.2 Å². The molecule has 1 N–H and O–H groups in total. The smallest absolute Gasteiger partial charge is 0.118 e. The van der Waals surface area contributed by atoms with Crippen molar-refractivity contribution >= 4 is 0 Å². The molecule has 2 heteroatoms. The van der Waals surface area contributed by atoms with Crippen molar-refractivity contribution in [3.05, 3.63) is 29.8 Å². The zero-order valence-corrected chi connectivity index (χ0v) is 11.4. The van der Waals surface area contributed by atoms with Crippen LogP contribution in [0.3, 0.4) is 0 Å². The number of rotatable bonds is 6.